The summed E-state index contributed by atoms with van der Waals surface area (Å²) in [6.45, 7) is 0. The molecule has 4 nitrogen and oxygen atoms in total. The Balaban J connectivity index is 2.15. The fraction of sp³-hybridized carbons (Fsp3) is 0.0714. The van der Waals surface area contributed by atoms with Crippen LogP contribution in [0.5, 0.6) is 0 Å². The summed E-state index contributed by atoms with van der Waals surface area (Å²) in [7, 11) is -3.49. The van der Waals surface area contributed by atoms with Crippen molar-refractivity contribution in [3.05, 3.63) is 58.6 Å². The summed E-state index contributed by atoms with van der Waals surface area (Å²) in [5.41, 5.74) is 1.17. The maximum Gasteiger partial charge on any atom is 0.236 e. The van der Waals surface area contributed by atoms with Crippen LogP contribution in [-0.4, -0.2) is 8.42 Å². The zero-order chi connectivity index (χ0) is 15.3. The standard InChI is InChI=1S/C14H11BrN2O2S2/c15-13-8-12(20-10-16)6-7-14(13)17-21(18,19)9-11-4-2-1-3-5-11/h1-8,17H,9H2. The van der Waals surface area contributed by atoms with Gasteiger partial charge in [-0.2, -0.15) is 5.26 Å². The first kappa shape index (κ1) is 15.9. The van der Waals surface area contributed by atoms with Gasteiger partial charge >= 0.3 is 0 Å². The molecule has 108 valence electrons. The summed E-state index contributed by atoms with van der Waals surface area (Å²) < 4.78 is 27.4. The lowest BCUT2D eigenvalue weighted by atomic mass is 10.2. The van der Waals surface area contributed by atoms with Gasteiger partial charge in [0.05, 0.1) is 11.4 Å². The van der Waals surface area contributed by atoms with Gasteiger partial charge < -0.3 is 0 Å². The number of nitrogens with zero attached hydrogens (tertiary/aromatic N) is 1. The van der Waals surface area contributed by atoms with Crippen molar-refractivity contribution in [3.8, 4) is 5.40 Å². The monoisotopic (exact) mass is 382 g/mol. The van der Waals surface area contributed by atoms with E-state index in [0.29, 0.717) is 10.2 Å². The van der Waals surface area contributed by atoms with Crippen LogP contribution >= 0.6 is 27.7 Å². The molecule has 0 aliphatic carbocycles. The summed E-state index contributed by atoms with van der Waals surface area (Å²) in [4.78, 5) is 0.746. The van der Waals surface area contributed by atoms with Gasteiger partial charge in [-0.05, 0) is 51.5 Å². The van der Waals surface area contributed by atoms with Crippen LogP contribution in [0.4, 0.5) is 5.69 Å². The Morgan fingerprint density at radius 2 is 1.90 bits per heavy atom. The fourth-order valence-corrected chi connectivity index (χ4v) is 4.09. The molecule has 0 fully saturated rings. The molecule has 2 aromatic carbocycles. The predicted molar refractivity (Wildman–Crippen MR) is 88.3 cm³/mol. The number of anilines is 1. The van der Waals surface area contributed by atoms with Crippen LogP contribution in [0.2, 0.25) is 0 Å². The second-order valence-corrected chi connectivity index (χ2v) is 7.62. The maximum atomic E-state index is 12.1. The van der Waals surface area contributed by atoms with Crippen LogP contribution < -0.4 is 4.72 Å². The molecule has 21 heavy (non-hydrogen) atoms. The minimum atomic E-state index is -3.49. The molecule has 2 aromatic rings. The normalized spacial score (nSPS) is 10.9. The molecule has 7 heteroatoms. The van der Waals surface area contributed by atoms with Gasteiger partial charge in [-0.3, -0.25) is 4.72 Å². The minimum absolute atomic E-state index is 0.0883. The molecule has 0 radical (unpaired) electrons. The Morgan fingerprint density at radius 1 is 1.19 bits per heavy atom. The first-order valence-electron chi connectivity index (χ1n) is 5.90. The fourth-order valence-electron chi connectivity index (χ4n) is 1.69. The minimum Gasteiger partial charge on any atom is -0.282 e. The summed E-state index contributed by atoms with van der Waals surface area (Å²) in [5.74, 6) is -0.0883. The van der Waals surface area contributed by atoms with Crippen molar-refractivity contribution in [1.82, 2.24) is 0 Å². The molecule has 2 rings (SSSR count). The first-order chi connectivity index (χ1) is 10.00. The van der Waals surface area contributed by atoms with E-state index in [9.17, 15) is 8.42 Å². The van der Waals surface area contributed by atoms with E-state index in [1.165, 1.54) is 0 Å². The second kappa shape index (κ2) is 6.98. The molecule has 1 N–H and O–H groups in total. The highest BCUT2D eigenvalue weighted by molar-refractivity contribution is 9.10. The van der Waals surface area contributed by atoms with Crippen molar-refractivity contribution < 1.29 is 8.42 Å². The van der Waals surface area contributed by atoms with Gasteiger partial charge in [0.15, 0.2) is 0 Å². The van der Waals surface area contributed by atoms with Crippen LogP contribution in [0.3, 0.4) is 0 Å². The molecule has 0 saturated carbocycles. The smallest absolute Gasteiger partial charge is 0.236 e. The Kier molecular flexibility index (Phi) is 5.28. The number of thiocyanates is 1. The van der Waals surface area contributed by atoms with Gasteiger partial charge in [0, 0.05) is 9.37 Å². The lowest BCUT2D eigenvalue weighted by Gasteiger charge is -2.10. The number of rotatable bonds is 5. The van der Waals surface area contributed by atoms with Crippen molar-refractivity contribution >= 4 is 43.4 Å². The van der Waals surface area contributed by atoms with Gasteiger partial charge in [-0.1, -0.05) is 30.3 Å². The largest absolute Gasteiger partial charge is 0.282 e. The number of nitrogens with one attached hydrogen (secondary N) is 1. The zero-order valence-corrected chi connectivity index (χ0v) is 14.0. The molecule has 0 bridgehead atoms. The van der Waals surface area contributed by atoms with E-state index in [0.717, 1.165) is 22.2 Å². The van der Waals surface area contributed by atoms with Crippen LogP contribution in [0.1, 0.15) is 5.56 Å². The third-order valence-corrected chi connectivity index (χ3v) is 5.05. The Morgan fingerprint density at radius 3 is 2.52 bits per heavy atom. The maximum absolute atomic E-state index is 12.1. The Hall–Kier alpha value is -1.49. The highest BCUT2D eigenvalue weighted by Crippen LogP contribution is 2.29. The molecule has 0 unspecified atom stereocenters. The number of sulfonamides is 1. The number of hydrogen-bond acceptors (Lipinski definition) is 4. The zero-order valence-electron chi connectivity index (χ0n) is 10.8. The van der Waals surface area contributed by atoms with Crippen LogP contribution in [0, 0.1) is 10.7 Å². The van der Waals surface area contributed by atoms with Gasteiger partial charge in [-0.25, -0.2) is 8.42 Å². The molecule has 0 spiro atoms. The number of hydrogen-bond donors (Lipinski definition) is 1. The van der Waals surface area contributed by atoms with Crippen molar-refractivity contribution in [2.45, 2.75) is 10.6 Å². The summed E-state index contributed by atoms with van der Waals surface area (Å²) in [5, 5.41) is 10.6. The number of benzene rings is 2. The highest BCUT2D eigenvalue weighted by atomic mass is 79.9. The molecule has 0 aliphatic heterocycles. The van der Waals surface area contributed by atoms with Crippen molar-refractivity contribution in [2.75, 3.05) is 4.72 Å². The first-order valence-corrected chi connectivity index (χ1v) is 9.16. The molecular weight excluding hydrogens is 372 g/mol. The Labute approximate surface area is 136 Å². The number of nitriles is 1. The van der Waals surface area contributed by atoms with Crippen LogP contribution in [0.25, 0.3) is 0 Å². The third kappa shape index (κ3) is 4.77. The van der Waals surface area contributed by atoms with E-state index in [1.807, 2.05) is 11.5 Å². The predicted octanol–water partition coefficient (Wildman–Crippen LogP) is 3.96. The van der Waals surface area contributed by atoms with E-state index in [4.69, 9.17) is 5.26 Å². The van der Waals surface area contributed by atoms with Gasteiger partial charge in [0.2, 0.25) is 10.0 Å². The SMILES string of the molecule is N#CSc1ccc(NS(=O)(=O)Cc2ccccc2)c(Br)c1. The van der Waals surface area contributed by atoms with E-state index in [1.54, 1.807) is 42.5 Å². The van der Waals surface area contributed by atoms with Crippen LogP contribution in [0.15, 0.2) is 57.9 Å². The van der Waals surface area contributed by atoms with E-state index < -0.39 is 10.0 Å². The summed E-state index contributed by atoms with van der Waals surface area (Å²) >= 11 is 4.32. The van der Waals surface area contributed by atoms with E-state index in [2.05, 4.69) is 20.7 Å². The highest BCUT2D eigenvalue weighted by Gasteiger charge is 2.13. The molecule has 0 heterocycles. The molecular formula is C14H11BrN2O2S2. The van der Waals surface area contributed by atoms with Gasteiger partial charge in [-0.15, -0.1) is 0 Å². The molecule has 0 aromatic heterocycles. The quantitative estimate of drug-likeness (QED) is 0.627. The van der Waals surface area contributed by atoms with E-state index >= 15 is 0 Å². The lowest BCUT2D eigenvalue weighted by molar-refractivity contribution is 0.600. The molecule has 0 amide bonds. The number of thioether (sulfide) groups is 1. The third-order valence-electron chi connectivity index (χ3n) is 2.57. The molecule has 0 saturated heterocycles. The van der Waals surface area contributed by atoms with Crippen molar-refractivity contribution in [1.29, 1.82) is 5.26 Å². The van der Waals surface area contributed by atoms with Crippen molar-refractivity contribution in [2.24, 2.45) is 0 Å². The van der Waals surface area contributed by atoms with Crippen molar-refractivity contribution in [3.63, 3.8) is 0 Å². The van der Waals surface area contributed by atoms with E-state index in [-0.39, 0.29) is 5.75 Å². The van der Waals surface area contributed by atoms with Gasteiger partial charge in [0.1, 0.15) is 5.40 Å². The second-order valence-electron chi connectivity index (χ2n) is 4.18. The topological polar surface area (TPSA) is 70.0 Å². The molecule has 0 aliphatic rings. The average Bonchev–Trinajstić information content (AvgIpc) is 2.43. The van der Waals surface area contributed by atoms with Crippen LogP contribution in [-0.2, 0) is 15.8 Å². The summed E-state index contributed by atoms with van der Waals surface area (Å²) in [6, 6.07) is 14.0. The lowest BCUT2D eigenvalue weighted by Crippen LogP contribution is -2.15. The molecule has 0 atom stereocenters. The van der Waals surface area contributed by atoms with Gasteiger partial charge in [0.25, 0.3) is 0 Å². The summed E-state index contributed by atoms with van der Waals surface area (Å²) in [6.07, 6.45) is 0. The Bertz CT molecular complexity index is 771. The number of halogens is 1. The average molecular weight is 383 g/mol.